The minimum absolute atomic E-state index is 0.405. The van der Waals surface area contributed by atoms with Crippen LogP contribution < -0.4 is 10.9 Å². The second-order valence-electron chi connectivity index (χ2n) is 5.91. The Labute approximate surface area is 146 Å². The molecule has 2 aromatic heterocycles. The van der Waals surface area contributed by atoms with Crippen molar-refractivity contribution >= 4 is 28.8 Å². The molecule has 4 heteroatoms. The highest BCUT2D eigenvalue weighted by atomic mass is 31.2. The smallest absolute Gasteiger partial charge is 0.182 e. The third-order valence-electron chi connectivity index (χ3n) is 4.31. The maximum Gasteiger partial charge on any atom is 0.182 e. The maximum absolute atomic E-state index is 14.1. The van der Waals surface area contributed by atoms with Crippen molar-refractivity contribution in [3.63, 3.8) is 0 Å². The highest BCUT2D eigenvalue weighted by Crippen LogP contribution is 2.46. The van der Waals surface area contributed by atoms with Crippen LogP contribution in [0.3, 0.4) is 0 Å². The number of fused-ring (bicyclic) bond motifs is 1. The molecule has 0 fully saturated rings. The van der Waals surface area contributed by atoms with E-state index in [-0.39, 0.29) is 0 Å². The lowest BCUT2D eigenvalue weighted by Gasteiger charge is -2.18. The van der Waals surface area contributed by atoms with Gasteiger partial charge in [0.1, 0.15) is 10.9 Å². The van der Waals surface area contributed by atoms with Crippen molar-refractivity contribution in [3.8, 4) is 0 Å². The molecule has 4 aromatic rings. The van der Waals surface area contributed by atoms with Gasteiger partial charge in [-0.1, -0.05) is 54.6 Å². The maximum atomic E-state index is 14.1. The summed E-state index contributed by atoms with van der Waals surface area (Å²) in [4.78, 5) is 8.80. The zero-order valence-corrected chi connectivity index (χ0v) is 14.5. The van der Waals surface area contributed by atoms with E-state index in [1.807, 2.05) is 60.7 Å². The molecule has 0 bridgehead atoms. The van der Waals surface area contributed by atoms with Gasteiger partial charge in [0.25, 0.3) is 0 Å². The summed E-state index contributed by atoms with van der Waals surface area (Å²) >= 11 is 0. The predicted molar refractivity (Wildman–Crippen MR) is 103 cm³/mol. The molecular weight excluding hydrogens is 327 g/mol. The highest BCUT2D eigenvalue weighted by Gasteiger charge is 2.30. The van der Waals surface area contributed by atoms with Gasteiger partial charge in [-0.2, -0.15) is 0 Å². The summed E-state index contributed by atoms with van der Waals surface area (Å²) in [5.74, 6) is 0. The van der Waals surface area contributed by atoms with Crippen LogP contribution in [0.2, 0.25) is 0 Å². The van der Waals surface area contributed by atoms with Gasteiger partial charge < -0.3 is 4.57 Å². The van der Waals surface area contributed by atoms with E-state index in [1.165, 1.54) is 0 Å². The predicted octanol–water partition coefficient (Wildman–Crippen LogP) is 4.14. The van der Waals surface area contributed by atoms with Crippen LogP contribution >= 0.6 is 7.14 Å². The zero-order valence-electron chi connectivity index (χ0n) is 13.6. The Morgan fingerprint density at radius 3 is 1.92 bits per heavy atom. The Morgan fingerprint density at radius 2 is 1.28 bits per heavy atom. The Bertz CT molecular complexity index is 1000. The molecule has 0 aliphatic carbocycles. The van der Waals surface area contributed by atoms with Crippen molar-refractivity contribution in [2.24, 2.45) is 0 Å². The summed E-state index contributed by atoms with van der Waals surface area (Å²) in [6.07, 6.45) is 3.78. The minimum Gasteiger partial charge on any atom is -0.310 e. The summed E-state index contributed by atoms with van der Waals surface area (Å²) in [7, 11) is -2.97. The molecule has 0 aliphatic rings. The van der Waals surface area contributed by atoms with E-state index < -0.39 is 7.14 Å². The largest absolute Gasteiger partial charge is 0.310 e. The lowest BCUT2D eigenvalue weighted by atomic mass is 10.1. The standard InChI is InChI=1S/C21H17N2OP/c24-25(20-12-3-5-14-22-20,21-13-4-6-15-23-21)16-18-10-7-9-17-8-1-2-11-19(17)18/h1-15H,16H2. The molecule has 0 radical (unpaired) electrons. The summed E-state index contributed by atoms with van der Waals surface area (Å²) in [5, 5.41) is 2.27. The molecule has 0 saturated heterocycles. The third kappa shape index (κ3) is 2.99. The highest BCUT2D eigenvalue weighted by molar-refractivity contribution is 7.77. The van der Waals surface area contributed by atoms with E-state index in [4.69, 9.17) is 0 Å². The first-order valence-corrected chi connectivity index (χ1v) is 10.1. The monoisotopic (exact) mass is 344 g/mol. The molecule has 0 saturated carbocycles. The van der Waals surface area contributed by atoms with Crippen LogP contribution in [0.1, 0.15) is 5.56 Å². The first kappa shape index (κ1) is 15.7. The molecule has 4 rings (SSSR count). The van der Waals surface area contributed by atoms with Gasteiger partial charge in [0.2, 0.25) is 0 Å². The fraction of sp³-hybridized carbons (Fsp3) is 0.0476. The molecule has 0 N–H and O–H groups in total. The Balaban J connectivity index is 1.89. The van der Waals surface area contributed by atoms with Crippen LogP contribution in [0.15, 0.2) is 91.3 Å². The first-order valence-electron chi connectivity index (χ1n) is 8.16. The van der Waals surface area contributed by atoms with Gasteiger partial charge in [0, 0.05) is 18.6 Å². The Kier molecular flexibility index (Phi) is 4.17. The number of benzene rings is 2. The van der Waals surface area contributed by atoms with Gasteiger partial charge in [-0.3, -0.25) is 9.97 Å². The fourth-order valence-electron chi connectivity index (χ4n) is 3.08. The minimum atomic E-state index is -2.97. The molecular formula is C21H17N2OP. The van der Waals surface area contributed by atoms with E-state index in [0.29, 0.717) is 17.0 Å². The summed E-state index contributed by atoms with van der Waals surface area (Å²) < 4.78 is 14.1. The van der Waals surface area contributed by atoms with Crippen LogP contribution in [-0.2, 0) is 10.7 Å². The van der Waals surface area contributed by atoms with Crippen molar-refractivity contribution in [1.82, 2.24) is 9.97 Å². The normalized spacial score (nSPS) is 11.5. The molecule has 2 heterocycles. The van der Waals surface area contributed by atoms with E-state index in [0.717, 1.165) is 16.3 Å². The number of nitrogens with zero attached hydrogens (tertiary/aromatic N) is 2. The lowest BCUT2D eigenvalue weighted by molar-refractivity contribution is 0.585. The van der Waals surface area contributed by atoms with E-state index in [1.54, 1.807) is 12.4 Å². The number of hydrogen-bond acceptors (Lipinski definition) is 3. The Morgan fingerprint density at radius 1 is 0.680 bits per heavy atom. The molecule has 0 spiro atoms. The fourth-order valence-corrected chi connectivity index (χ4v) is 5.56. The number of aromatic nitrogens is 2. The summed E-state index contributed by atoms with van der Waals surface area (Å²) in [6.45, 7) is 0. The SMILES string of the molecule is O=P(Cc1cccc2ccccc12)(c1ccccn1)c1ccccn1. The number of hydrogen-bond donors (Lipinski definition) is 0. The molecule has 122 valence electrons. The van der Waals surface area contributed by atoms with Crippen LogP contribution in [-0.4, -0.2) is 9.97 Å². The summed E-state index contributed by atoms with van der Waals surface area (Å²) in [6, 6.07) is 25.4. The lowest BCUT2D eigenvalue weighted by Crippen LogP contribution is -2.22. The van der Waals surface area contributed by atoms with E-state index in [9.17, 15) is 4.57 Å². The van der Waals surface area contributed by atoms with Gasteiger partial charge in [-0.15, -0.1) is 0 Å². The topological polar surface area (TPSA) is 42.9 Å². The average molecular weight is 344 g/mol. The second-order valence-corrected chi connectivity index (χ2v) is 8.62. The number of pyridine rings is 2. The van der Waals surface area contributed by atoms with Gasteiger partial charge in [-0.05, 0) is 40.6 Å². The summed E-state index contributed by atoms with van der Waals surface area (Å²) in [5.41, 5.74) is 2.25. The Hall–Kier alpha value is -2.77. The van der Waals surface area contributed by atoms with Crippen LogP contribution in [0, 0.1) is 0 Å². The molecule has 0 aliphatic heterocycles. The van der Waals surface area contributed by atoms with Gasteiger partial charge >= 0.3 is 0 Å². The van der Waals surface area contributed by atoms with Gasteiger partial charge in [-0.25, -0.2) is 0 Å². The molecule has 25 heavy (non-hydrogen) atoms. The third-order valence-corrected chi connectivity index (χ3v) is 7.11. The van der Waals surface area contributed by atoms with Crippen molar-refractivity contribution in [3.05, 3.63) is 96.8 Å². The first-order chi connectivity index (χ1) is 12.3. The van der Waals surface area contributed by atoms with E-state index in [2.05, 4.69) is 28.2 Å². The van der Waals surface area contributed by atoms with Crippen molar-refractivity contribution in [2.45, 2.75) is 6.16 Å². The number of rotatable bonds is 4. The molecule has 2 aromatic carbocycles. The van der Waals surface area contributed by atoms with Crippen LogP contribution in [0.4, 0.5) is 0 Å². The van der Waals surface area contributed by atoms with Gasteiger partial charge in [0.05, 0.1) is 0 Å². The molecule has 3 nitrogen and oxygen atoms in total. The molecule has 0 unspecified atom stereocenters. The average Bonchev–Trinajstić information content (AvgIpc) is 2.69. The second kappa shape index (κ2) is 6.62. The quantitative estimate of drug-likeness (QED) is 0.523. The van der Waals surface area contributed by atoms with Crippen LogP contribution in [0.5, 0.6) is 0 Å². The van der Waals surface area contributed by atoms with Gasteiger partial charge in [0.15, 0.2) is 7.14 Å². The molecule has 0 amide bonds. The van der Waals surface area contributed by atoms with Crippen molar-refractivity contribution < 1.29 is 4.57 Å². The van der Waals surface area contributed by atoms with E-state index >= 15 is 0 Å². The zero-order chi connectivity index (χ0) is 17.1. The van der Waals surface area contributed by atoms with Crippen molar-refractivity contribution in [2.75, 3.05) is 0 Å². The van der Waals surface area contributed by atoms with Crippen LogP contribution in [0.25, 0.3) is 10.8 Å². The van der Waals surface area contributed by atoms with Crippen molar-refractivity contribution in [1.29, 1.82) is 0 Å². The molecule has 0 atom stereocenters.